The number of rotatable bonds is 9. The number of aromatic nitrogens is 2. The number of nitrogens with zero attached hydrogens (tertiary/aromatic N) is 1. The first-order chi connectivity index (χ1) is 16.4. The van der Waals surface area contributed by atoms with E-state index in [9.17, 15) is 19.0 Å². The average Bonchev–Trinajstić information content (AvgIpc) is 3.15. The van der Waals surface area contributed by atoms with E-state index in [1.807, 2.05) is 0 Å². The summed E-state index contributed by atoms with van der Waals surface area (Å²) >= 11 is 0. The van der Waals surface area contributed by atoms with Crippen LogP contribution in [0, 0.1) is 0 Å². The van der Waals surface area contributed by atoms with E-state index < -0.39 is 56.2 Å². The lowest BCUT2D eigenvalue weighted by Gasteiger charge is -2.33. The lowest BCUT2D eigenvalue weighted by atomic mass is 10.1. The molecule has 0 radical (unpaired) electrons. The van der Waals surface area contributed by atoms with Crippen molar-refractivity contribution in [2.45, 2.75) is 75.6 Å². The molecule has 0 saturated carbocycles. The summed E-state index contributed by atoms with van der Waals surface area (Å²) in [5.41, 5.74) is -1.33. The Hall–Kier alpha value is -1.41. The molecule has 0 aliphatic carbocycles. The predicted octanol–water partition coefficient (Wildman–Crippen LogP) is 0.389. The van der Waals surface area contributed by atoms with Gasteiger partial charge in [-0.2, -0.15) is 0 Å². The van der Waals surface area contributed by atoms with E-state index in [1.54, 1.807) is 0 Å². The Kier molecular flexibility index (Phi) is 8.72. The number of phosphoric acid groups is 1. The van der Waals surface area contributed by atoms with Gasteiger partial charge in [0.05, 0.1) is 6.61 Å². The van der Waals surface area contributed by atoms with Gasteiger partial charge in [-0.05, 0) is 38.5 Å². The fourth-order valence-electron chi connectivity index (χ4n) is 4.20. The number of hydrogen-bond donors (Lipinski definition) is 1. The van der Waals surface area contributed by atoms with Gasteiger partial charge >= 0.3 is 5.69 Å². The van der Waals surface area contributed by atoms with Crippen LogP contribution in [0.1, 0.15) is 44.8 Å². The van der Waals surface area contributed by atoms with Gasteiger partial charge in [0.15, 0.2) is 18.8 Å². The fourth-order valence-corrected chi connectivity index (χ4v) is 4.84. The molecule has 13 nitrogen and oxygen atoms in total. The van der Waals surface area contributed by atoms with Crippen LogP contribution < -0.4 is 16.1 Å². The summed E-state index contributed by atoms with van der Waals surface area (Å²) < 4.78 is 52.4. The highest BCUT2D eigenvalue weighted by Gasteiger charge is 2.50. The standard InChI is InChI=1S/C20H31N2O11P/c1-27-34(25,26)33-17-13(12-30-15-6-2-4-10-28-15)31-19(22-9-8-14(23)21-20(22)24)18(17)32-16-7-3-5-11-29-16/h8-9,13,15-19H,2-7,10-12H2,1H3,(H,25,26)(H,21,23,24)/p-1/t13-,15?,16?,17-,18-,19-/m1/s1. The molecule has 4 rings (SSSR count). The maximum Gasteiger partial charge on any atom is 0.330 e. The van der Waals surface area contributed by atoms with Crippen LogP contribution >= 0.6 is 7.82 Å². The summed E-state index contributed by atoms with van der Waals surface area (Å²) in [4.78, 5) is 38.5. The van der Waals surface area contributed by atoms with E-state index in [1.165, 1.54) is 6.20 Å². The molecule has 1 aromatic rings. The van der Waals surface area contributed by atoms with Crippen molar-refractivity contribution >= 4 is 7.82 Å². The third-order valence-corrected chi connectivity index (χ3v) is 6.87. The summed E-state index contributed by atoms with van der Waals surface area (Å²) in [6.07, 6.45) is 0.619. The summed E-state index contributed by atoms with van der Waals surface area (Å²) in [5.74, 6) is 0. The van der Waals surface area contributed by atoms with Gasteiger partial charge in [-0.15, -0.1) is 0 Å². The number of hydrogen-bond acceptors (Lipinski definition) is 11. The quantitative estimate of drug-likeness (QED) is 0.463. The van der Waals surface area contributed by atoms with Gasteiger partial charge < -0.3 is 37.6 Å². The molecule has 192 valence electrons. The van der Waals surface area contributed by atoms with Gasteiger partial charge in [0, 0.05) is 32.6 Å². The lowest BCUT2D eigenvalue weighted by molar-refractivity contribution is -0.243. The first kappa shape index (κ1) is 25.7. The van der Waals surface area contributed by atoms with E-state index in [-0.39, 0.29) is 6.61 Å². The van der Waals surface area contributed by atoms with Crippen molar-refractivity contribution < 1.29 is 42.2 Å². The van der Waals surface area contributed by atoms with Crippen molar-refractivity contribution in [2.75, 3.05) is 26.9 Å². The van der Waals surface area contributed by atoms with Crippen LogP contribution in [0.25, 0.3) is 0 Å². The van der Waals surface area contributed by atoms with Gasteiger partial charge in [-0.25, -0.2) is 4.79 Å². The van der Waals surface area contributed by atoms with Crippen LogP contribution in [-0.4, -0.2) is 67.4 Å². The zero-order valence-corrected chi connectivity index (χ0v) is 19.8. The molecule has 0 aromatic carbocycles. The third-order valence-electron chi connectivity index (χ3n) is 5.92. The van der Waals surface area contributed by atoms with Gasteiger partial charge in [0.25, 0.3) is 13.4 Å². The smallest absolute Gasteiger partial charge is 0.330 e. The Bertz CT molecular complexity index is 956. The zero-order chi connectivity index (χ0) is 24.1. The van der Waals surface area contributed by atoms with Crippen LogP contribution in [0.2, 0.25) is 0 Å². The lowest BCUT2D eigenvalue weighted by Crippen LogP contribution is -2.44. The second kappa shape index (κ2) is 11.5. The van der Waals surface area contributed by atoms with Gasteiger partial charge in [-0.1, -0.05) is 0 Å². The normalized spacial score (nSPS) is 34.1. The first-order valence-corrected chi connectivity index (χ1v) is 12.8. The molecule has 4 heterocycles. The van der Waals surface area contributed by atoms with E-state index in [0.29, 0.717) is 26.1 Å². The molecule has 1 N–H and O–H groups in total. The Morgan fingerprint density at radius 2 is 1.82 bits per heavy atom. The van der Waals surface area contributed by atoms with E-state index >= 15 is 0 Å². The molecule has 3 fully saturated rings. The van der Waals surface area contributed by atoms with Crippen LogP contribution in [0.15, 0.2) is 21.9 Å². The summed E-state index contributed by atoms with van der Waals surface area (Å²) in [7, 11) is -3.75. The number of aromatic amines is 1. The van der Waals surface area contributed by atoms with E-state index in [2.05, 4.69) is 9.51 Å². The van der Waals surface area contributed by atoms with Crippen LogP contribution in [-0.2, 0) is 37.3 Å². The minimum Gasteiger partial charge on any atom is -0.756 e. The van der Waals surface area contributed by atoms with Crippen molar-refractivity contribution in [1.82, 2.24) is 9.55 Å². The van der Waals surface area contributed by atoms with Crippen LogP contribution in [0.4, 0.5) is 0 Å². The molecule has 0 amide bonds. The number of phosphoric ester groups is 1. The molecule has 1 aromatic heterocycles. The SMILES string of the molecule is COP(=O)([O-])O[C@H]1[C@@H](OC2CCCCO2)[C@H](n2ccc(=O)[nH]c2=O)O[C@@H]1COC1CCCCO1. The van der Waals surface area contributed by atoms with Crippen molar-refractivity contribution in [1.29, 1.82) is 0 Å². The Balaban J connectivity index is 1.62. The van der Waals surface area contributed by atoms with Gasteiger partial charge in [0.1, 0.15) is 18.3 Å². The van der Waals surface area contributed by atoms with Crippen LogP contribution in [0.3, 0.4) is 0 Å². The first-order valence-electron chi connectivity index (χ1n) is 11.4. The van der Waals surface area contributed by atoms with E-state index in [0.717, 1.165) is 43.4 Å². The monoisotopic (exact) mass is 505 g/mol. The molecule has 7 atom stereocenters. The highest BCUT2D eigenvalue weighted by molar-refractivity contribution is 7.45. The number of H-pyrrole nitrogens is 1. The molecule has 3 aliphatic heterocycles. The largest absolute Gasteiger partial charge is 0.756 e. The van der Waals surface area contributed by atoms with Gasteiger partial charge in [-0.3, -0.25) is 18.9 Å². The van der Waals surface area contributed by atoms with Crippen molar-refractivity contribution in [2.24, 2.45) is 0 Å². The van der Waals surface area contributed by atoms with Crippen molar-refractivity contribution in [3.63, 3.8) is 0 Å². The second-order valence-electron chi connectivity index (χ2n) is 8.31. The second-order valence-corrected chi connectivity index (χ2v) is 9.78. The van der Waals surface area contributed by atoms with Crippen molar-refractivity contribution in [3.8, 4) is 0 Å². The fraction of sp³-hybridized carbons (Fsp3) is 0.800. The van der Waals surface area contributed by atoms with Crippen LogP contribution in [0.5, 0.6) is 0 Å². The number of nitrogens with one attached hydrogen (secondary N) is 1. The van der Waals surface area contributed by atoms with E-state index in [4.69, 9.17) is 28.2 Å². The number of ether oxygens (including phenoxy) is 5. The summed E-state index contributed by atoms with van der Waals surface area (Å²) in [6, 6.07) is 1.15. The summed E-state index contributed by atoms with van der Waals surface area (Å²) in [6.45, 7) is 0.964. The molecule has 14 heteroatoms. The maximum atomic E-state index is 12.5. The minimum atomic E-state index is -4.73. The molecule has 3 unspecified atom stereocenters. The molecular weight excluding hydrogens is 475 g/mol. The molecule has 0 bridgehead atoms. The highest BCUT2D eigenvalue weighted by Crippen LogP contribution is 2.45. The summed E-state index contributed by atoms with van der Waals surface area (Å²) in [5, 5.41) is 0. The topological polar surface area (TPSA) is 160 Å². The molecular formula is C20H30N2O11P-. The minimum absolute atomic E-state index is 0.0843. The predicted molar refractivity (Wildman–Crippen MR) is 113 cm³/mol. The zero-order valence-electron chi connectivity index (χ0n) is 18.9. The third kappa shape index (κ3) is 6.42. The Labute approximate surface area is 195 Å². The molecule has 0 spiro atoms. The molecule has 3 aliphatic rings. The molecule has 3 saturated heterocycles. The van der Waals surface area contributed by atoms with Crippen molar-refractivity contribution in [3.05, 3.63) is 33.1 Å². The maximum absolute atomic E-state index is 12.5. The Morgan fingerprint density at radius 1 is 1.12 bits per heavy atom. The Morgan fingerprint density at radius 3 is 2.44 bits per heavy atom. The molecule has 34 heavy (non-hydrogen) atoms. The van der Waals surface area contributed by atoms with Gasteiger partial charge in [0.2, 0.25) is 0 Å². The average molecular weight is 505 g/mol. The highest BCUT2D eigenvalue weighted by atomic mass is 31.2.